The van der Waals surface area contributed by atoms with Gasteiger partial charge in [-0.3, -0.25) is 10.00 Å². The van der Waals surface area contributed by atoms with Gasteiger partial charge in [-0.05, 0) is 40.0 Å². The van der Waals surface area contributed by atoms with Crippen LogP contribution in [0.15, 0.2) is 18.3 Å². The van der Waals surface area contributed by atoms with Gasteiger partial charge in [0.15, 0.2) is 11.5 Å². The second-order valence-electron chi connectivity index (χ2n) is 6.95. The number of aromatic amines is 1. The maximum Gasteiger partial charge on any atom is 0.203 e. The number of ether oxygens (including phenoxy) is 3. The van der Waals surface area contributed by atoms with Gasteiger partial charge in [-0.25, -0.2) is 4.98 Å². The zero-order chi connectivity index (χ0) is 21.1. The molecule has 0 bridgehead atoms. The molecule has 3 aromatic rings. The third-order valence-corrected chi connectivity index (χ3v) is 5.99. The van der Waals surface area contributed by atoms with Crippen molar-refractivity contribution < 1.29 is 14.2 Å². The van der Waals surface area contributed by atoms with Gasteiger partial charge in [-0.2, -0.15) is 5.10 Å². The molecule has 2 aromatic heterocycles. The first-order valence-electron chi connectivity index (χ1n) is 9.36. The second-order valence-corrected chi connectivity index (χ2v) is 8.36. The molecule has 8 heteroatoms. The summed E-state index contributed by atoms with van der Waals surface area (Å²) in [6.07, 6.45) is 1.86. The second kappa shape index (κ2) is 8.84. The van der Waals surface area contributed by atoms with Crippen molar-refractivity contribution in [3.63, 3.8) is 0 Å². The molecule has 7 nitrogen and oxygen atoms in total. The van der Waals surface area contributed by atoms with Crippen molar-refractivity contribution in [2.45, 2.75) is 33.4 Å². The van der Waals surface area contributed by atoms with E-state index in [0.717, 1.165) is 34.1 Å². The fraction of sp³-hybridized carbons (Fsp3) is 0.429. The zero-order valence-corrected chi connectivity index (χ0v) is 18.8. The Labute approximate surface area is 175 Å². The molecule has 29 heavy (non-hydrogen) atoms. The van der Waals surface area contributed by atoms with Crippen LogP contribution in [0.25, 0.3) is 11.3 Å². The maximum atomic E-state index is 5.49. The van der Waals surface area contributed by atoms with E-state index in [1.165, 1.54) is 4.88 Å². The molecule has 0 radical (unpaired) electrons. The Bertz CT molecular complexity index is 957. The molecule has 0 aliphatic carbocycles. The number of benzene rings is 1. The monoisotopic (exact) mass is 416 g/mol. The van der Waals surface area contributed by atoms with Crippen LogP contribution in [0.1, 0.15) is 34.1 Å². The van der Waals surface area contributed by atoms with Gasteiger partial charge < -0.3 is 14.2 Å². The lowest BCUT2D eigenvalue weighted by molar-refractivity contribution is 0.249. The van der Waals surface area contributed by atoms with Gasteiger partial charge in [0, 0.05) is 22.5 Å². The van der Waals surface area contributed by atoms with Crippen LogP contribution in [0.4, 0.5) is 0 Å². The number of hydrogen-bond donors (Lipinski definition) is 1. The third kappa shape index (κ3) is 4.23. The lowest BCUT2D eigenvalue weighted by atomic mass is 10.1. The van der Waals surface area contributed by atoms with E-state index < -0.39 is 0 Å². The van der Waals surface area contributed by atoms with Gasteiger partial charge in [-0.1, -0.05) is 0 Å². The molecule has 0 saturated carbocycles. The van der Waals surface area contributed by atoms with Crippen molar-refractivity contribution in [3.05, 3.63) is 39.5 Å². The first-order chi connectivity index (χ1) is 13.9. The minimum atomic E-state index is 0.197. The fourth-order valence-corrected chi connectivity index (χ4v) is 4.36. The first kappa shape index (κ1) is 21.1. The van der Waals surface area contributed by atoms with Crippen LogP contribution in [0.5, 0.6) is 17.2 Å². The van der Waals surface area contributed by atoms with E-state index in [2.05, 4.69) is 36.0 Å². The number of methoxy groups -OCH3 is 3. The van der Waals surface area contributed by atoms with E-state index in [4.69, 9.17) is 19.2 Å². The molecule has 1 atom stereocenters. The smallest absolute Gasteiger partial charge is 0.203 e. The molecule has 0 saturated heterocycles. The summed E-state index contributed by atoms with van der Waals surface area (Å²) in [4.78, 5) is 8.25. The molecule has 156 valence electrons. The number of aryl methyl sites for hydroxylation is 2. The molecule has 1 aromatic carbocycles. The Morgan fingerprint density at radius 1 is 1.10 bits per heavy atom. The number of H-pyrrole nitrogens is 1. The van der Waals surface area contributed by atoms with Crippen LogP contribution in [0, 0.1) is 13.8 Å². The molecule has 3 rings (SSSR count). The Balaban J connectivity index is 1.90. The number of rotatable bonds is 8. The molecule has 2 heterocycles. The van der Waals surface area contributed by atoms with Crippen LogP contribution in [0.3, 0.4) is 0 Å². The summed E-state index contributed by atoms with van der Waals surface area (Å²) in [6, 6.07) is 4.05. The van der Waals surface area contributed by atoms with Crippen molar-refractivity contribution in [1.29, 1.82) is 0 Å². The van der Waals surface area contributed by atoms with Gasteiger partial charge in [-0.15, -0.1) is 11.3 Å². The Hall–Kier alpha value is -2.58. The summed E-state index contributed by atoms with van der Waals surface area (Å²) in [7, 11) is 6.93. The summed E-state index contributed by atoms with van der Waals surface area (Å²) < 4.78 is 16.4. The standard InChI is InChI=1S/C21H28N4O3S/c1-12(19-13(2)29-14(3)23-19)25(4)11-16-10-22-24-20(16)15-8-17(26-5)21(28-7)18(9-15)27-6/h8-10,12H,11H2,1-7H3,(H,22,24)/t12-/m1/s1. The number of nitrogens with one attached hydrogen (secondary N) is 1. The molecule has 0 fully saturated rings. The van der Waals surface area contributed by atoms with Crippen LogP contribution in [-0.4, -0.2) is 48.5 Å². The normalized spacial score (nSPS) is 12.3. The van der Waals surface area contributed by atoms with Crippen LogP contribution >= 0.6 is 11.3 Å². The van der Waals surface area contributed by atoms with Gasteiger partial charge in [0.2, 0.25) is 5.75 Å². The zero-order valence-electron chi connectivity index (χ0n) is 18.0. The minimum absolute atomic E-state index is 0.197. The Morgan fingerprint density at radius 3 is 2.28 bits per heavy atom. The highest BCUT2D eigenvalue weighted by atomic mass is 32.1. The molecule has 0 spiro atoms. The summed E-state index contributed by atoms with van der Waals surface area (Å²) in [5, 5.41) is 8.50. The summed E-state index contributed by atoms with van der Waals surface area (Å²) in [5.41, 5.74) is 4.06. The predicted octanol–water partition coefficient (Wildman–Crippen LogP) is 4.37. The van der Waals surface area contributed by atoms with Gasteiger partial charge in [0.1, 0.15) is 0 Å². The molecule has 0 amide bonds. The van der Waals surface area contributed by atoms with Gasteiger partial charge in [0.25, 0.3) is 0 Å². The SMILES string of the molecule is COc1cc(-c2[nH]ncc2CN(C)[C@H](C)c2nc(C)sc2C)cc(OC)c1OC. The summed E-state index contributed by atoms with van der Waals surface area (Å²) in [6.45, 7) is 7.08. The predicted molar refractivity (Wildman–Crippen MR) is 115 cm³/mol. The number of hydrogen-bond acceptors (Lipinski definition) is 7. The van der Waals surface area contributed by atoms with E-state index in [1.807, 2.05) is 25.3 Å². The van der Waals surface area contributed by atoms with Gasteiger partial charge >= 0.3 is 0 Å². The molecule has 0 unspecified atom stereocenters. The van der Waals surface area contributed by atoms with Crippen molar-refractivity contribution in [1.82, 2.24) is 20.1 Å². The lowest BCUT2D eigenvalue weighted by Gasteiger charge is -2.24. The van der Waals surface area contributed by atoms with E-state index in [-0.39, 0.29) is 6.04 Å². The highest BCUT2D eigenvalue weighted by Crippen LogP contribution is 2.41. The maximum absolute atomic E-state index is 5.49. The Morgan fingerprint density at radius 2 is 1.76 bits per heavy atom. The van der Waals surface area contributed by atoms with Crippen LogP contribution in [0.2, 0.25) is 0 Å². The fourth-order valence-electron chi connectivity index (χ4n) is 3.45. The third-order valence-electron chi connectivity index (χ3n) is 5.09. The largest absolute Gasteiger partial charge is 0.493 e. The van der Waals surface area contributed by atoms with Gasteiger partial charge in [0.05, 0.1) is 50.0 Å². The van der Waals surface area contributed by atoms with Crippen LogP contribution < -0.4 is 14.2 Å². The minimum Gasteiger partial charge on any atom is -0.493 e. The average Bonchev–Trinajstić information content (AvgIpc) is 3.31. The molecular weight excluding hydrogens is 388 g/mol. The highest BCUT2D eigenvalue weighted by Gasteiger charge is 2.21. The van der Waals surface area contributed by atoms with E-state index >= 15 is 0 Å². The highest BCUT2D eigenvalue weighted by molar-refractivity contribution is 7.11. The molecular formula is C21H28N4O3S. The first-order valence-corrected chi connectivity index (χ1v) is 10.2. The number of thiazole rings is 1. The number of aromatic nitrogens is 3. The molecule has 0 aliphatic rings. The van der Waals surface area contributed by atoms with E-state index in [1.54, 1.807) is 32.7 Å². The van der Waals surface area contributed by atoms with Crippen molar-refractivity contribution in [2.24, 2.45) is 0 Å². The van der Waals surface area contributed by atoms with Crippen molar-refractivity contribution in [2.75, 3.05) is 28.4 Å². The van der Waals surface area contributed by atoms with Crippen LogP contribution in [-0.2, 0) is 6.54 Å². The summed E-state index contributed by atoms with van der Waals surface area (Å²) in [5.74, 6) is 1.79. The van der Waals surface area contributed by atoms with E-state index in [0.29, 0.717) is 17.2 Å². The average molecular weight is 417 g/mol. The quantitative estimate of drug-likeness (QED) is 0.588. The van der Waals surface area contributed by atoms with Crippen molar-refractivity contribution in [3.8, 4) is 28.5 Å². The molecule has 0 aliphatic heterocycles. The summed E-state index contributed by atoms with van der Waals surface area (Å²) >= 11 is 1.74. The Kier molecular flexibility index (Phi) is 6.44. The van der Waals surface area contributed by atoms with E-state index in [9.17, 15) is 0 Å². The number of nitrogens with zero attached hydrogens (tertiary/aromatic N) is 3. The topological polar surface area (TPSA) is 72.5 Å². The lowest BCUT2D eigenvalue weighted by Crippen LogP contribution is -2.22. The molecule has 1 N–H and O–H groups in total. The van der Waals surface area contributed by atoms with Crippen molar-refractivity contribution >= 4 is 11.3 Å².